The second kappa shape index (κ2) is 11.6. The van der Waals surface area contributed by atoms with Crippen LogP contribution in [0.4, 0.5) is 17.6 Å². The van der Waals surface area contributed by atoms with Crippen LogP contribution in [0.25, 0.3) is 11.4 Å². The van der Waals surface area contributed by atoms with Crippen LogP contribution in [0.15, 0.2) is 47.1 Å². The summed E-state index contributed by atoms with van der Waals surface area (Å²) in [6.45, 7) is 4.98. The number of H-pyrrole nitrogens is 1. The van der Waals surface area contributed by atoms with Gasteiger partial charge in [0, 0.05) is 42.3 Å². The molecule has 0 amide bonds. The highest BCUT2D eigenvalue weighted by molar-refractivity contribution is 5.56. The Morgan fingerprint density at radius 2 is 1.97 bits per heavy atom. The third-order valence-corrected chi connectivity index (χ3v) is 5.53. The number of nitrogens with one attached hydrogen (secondary N) is 3. The van der Waals surface area contributed by atoms with Crippen molar-refractivity contribution in [3.63, 3.8) is 0 Å². The first-order valence-electron chi connectivity index (χ1n) is 12.0. The number of hydrogen-bond acceptors (Lipinski definition) is 9. The van der Waals surface area contributed by atoms with Gasteiger partial charge in [-0.15, -0.1) is 0 Å². The lowest BCUT2D eigenvalue weighted by Crippen LogP contribution is -2.25. The molecule has 0 bridgehead atoms. The van der Waals surface area contributed by atoms with Crippen molar-refractivity contribution in [3.8, 4) is 11.4 Å². The van der Waals surface area contributed by atoms with E-state index in [1.165, 1.54) is 0 Å². The zero-order valence-corrected chi connectivity index (χ0v) is 20.7. The topological polar surface area (TPSA) is 121 Å². The molecule has 0 radical (unpaired) electrons. The summed E-state index contributed by atoms with van der Waals surface area (Å²) in [5.74, 6) is 2.99. The normalized spacial score (nSPS) is 15.1. The van der Waals surface area contributed by atoms with Crippen LogP contribution in [-0.2, 0) is 6.42 Å². The third kappa shape index (κ3) is 6.02. The Hall–Kier alpha value is -3.79. The van der Waals surface area contributed by atoms with Crippen LogP contribution in [0, 0.1) is 6.92 Å². The molecule has 1 atom stereocenters. The maximum absolute atomic E-state index is 5.74. The Bertz CT molecular complexity index is 1200. The summed E-state index contributed by atoms with van der Waals surface area (Å²) in [6, 6.07) is 11.7. The van der Waals surface area contributed by atoms with Gasteiger partial charge in [0.15, 0.2) is 11.6 Å². The number of aromatic nitrogens is 6. The maximum atomic E-state index is 5.74. The number of anilines is 3. The average Bonchev–Trinajstić information content (AvgIpc) is 3.61. The molecule has 0 spiro atoms. The first-order chi connectivity index (χ1) is 17.1. The molecule has 0 saturated carbocycles. The lowest BCUT2D eigenvalue weighted by atomic mass is 10.1. The van der Waals surface area contributed by atoms with Crippen LogP contribution in [0.2, 0.25) is 0 Å². The molecule has 1 saturated heterocycles. The molecule has 1 unspecified atom stereocenters. The van der Waals surface area contributed by atoms with E-state index in [-0.39, 0.29) is 6.04 Å². The number of rotatable bonds is 7. The summed E-state index contributed by atoms with van der Waals surface area (Å²) in [4.78, 5) is 16.3. The van der Waals surface area contributed by atoms with Gasteiger partial charge in [-0.1, -0.05) is 24.6 Å². The number of aryl methyl sites for hydroxylation is 2. The van der Waals surface area contributed by atoms with E-state index in [0.29, 0.717) is 5.95 Å². The molecular formula is C25H33N9O. The molecule has 5 rings (SSSR count). The summed E-state index contributed by atoms with van der Waals surface area (Å²) in [7, 11) is 3.75. The molecule has 1 aliphatic rings. The molecule has 0 aromatic carbocycles. The van der Waals surface area contributed by atoms with E-state index < -0.39 is 0 Å². The van der Waals surface area contributed by atoms with E-state index in [1.54, 1.807) is 6.20 Å². The largest absolute Gasteiger partial charge is 0.358 e. The van der Waals surface area contributed by atoms with Gasteiger partial charge in [-0.2, -0.15) is 10.1 Å². The molecule has 1 aliphatic heterocycles. The summed E-state index contributed by atoms with van der Waals surface area (Å²) in [5.41, 5.74) is 3.53. The van der Waals surface area contributed by atoms with Crippen molar-refractivity contribution in [2.24, 2.45) is 0 Å². The number of nitrogens with zero attached hydrogens (tertiary/aromatic N) is 6. The van der Waals surface area contributed by atoms with Crippen molar-refractivity contribution in [1.82, 2.24) is 35.6 Å². The first kappa shape index (κ1) is 24.3. The van der Waals surface area contributed by atoms with Gasteiger partial charge in [-0.3, -0.25) is 10.1 Å². The molecule has 4 aromatic rings. The molecule has 5 heterocycles. The number of hydrogen-bond donors (Lipinski definition) is 3. The fourth-order valence-electron chi connectivity index (χ4n) is 4.06. The Morgan fingerprint density at radius 1 is 1.11 bits per heavy atom. The van der Waals surface area contributed by atoms with Crippen LogP contribution < -0.4 is 15.5 Å². The quantitative estimate of drug-likeness (QED) is 0.356. The van der Waals surface area contributed by atoms with Gasteiger partial charge < -0.3 is 20.1 Å². The van der Waals surface area contributed by atoms with Crippen LogP contribution in [0.3, 0.4) is 0 Å². The SMILES string of the molecule is CCCc1cc(Nc2cc(C)[nH]n2)nc(N2CCCC2c2cc(-c3ccccn3)no2)n1.CNC. The van der Waals surface area contributed by atoms with E-state index in [9.17, 15) is 0 Å². The summed E-state index contributed by atoms with van der Waals surface area (Å²) < 4.78 is 5.74. The van der Waals surface area contributed by atoms with Crippen LogP contribution >= 0.6 is 0 Å². The van der Waals surface area contributed by atoms with Crippen molar-refractivity contribution in [3.05, 3.63) is 59.7 Å². The molecule has 4 aromatic heterocycles. The highest BCUT2D eigenvalue weighted by Gasteiger charge is 2.32. The van der Waals surface area contributed by atoms with E-state index in [4.69, 9.17) is 14.5 Å². The van der Waals surface area contributed by atoms with Crippen LogP contribution in [0.1, 0.15) is 49.4 Å². The van der Waals surface area contributed by atoms with Gasteiger partial charge in [-0.05, 0) is 52.4 Å². The van der Waals surface area contributed by atoms with E-state index in [2.05, 4.69) is 42.8 Å². The molecule has 1 fully saturated rings. The Kier molecular flexibility index (Phi) is 8.04. The van der Waals surface area contributed by atoms with Crippen LogP contribution in [-0.4, -0.2) is 50.9 Å². The van der Waals surface area contributed by atoms with E-state index >= 15 is 0 Å². The van der Waals surface area contributed by atoms with Gasteiger partial charge >= 0.3 is 0 Å². The van der Waals surface area contributed by atoms with Crippen molar-refractivity contribution in [1.29, 1.82) is 0 Å². The molecular weight excluding hydrogens is 442 g/mol. The highest BCUT2D eigenvalue weighted by Crippen LogP contribution is 2.36. The Balaban J connectivity index is 0.000000917. The standard InChI is InChI=1S/C23H26N8O.C2H7N/c1-3-7-16-13-21(26-22-12-15(2)28-29-22)27-23(25-16)31-11-6-9-19(31)20-14-18(30-32-20)17-8-4-5-10-24-17;1-3-2/h4-5,8,10,12-14,19H,3,6-7,9,11H2,1-2H3,(H2,25,26,27,28,29);3H,1-2H3. The second-order valence-corrected chi connectivity index (χ2v) is 8.54. The fraction of sp³-hybridized carbons (Fsp3) is 0.400. The molecule has 10 nitrogen and oxygen atoms in total. The molecule has 184 valence electrons. The molecule has 10 heteroatoms. The predicted molar refractivity (Wildman–Crippen MR) is 137 cm³/mol. The van der Waals surface area contributed by atoms with Crippen LogP contribution in [0.5, 0.6) is 0 Å². The number of pyridine rings is 1. The average molecular weight is 476 g/mol. The minimum absolute atomic E-state index is 0.0392. The summed E-state index contributed by atoms with van der Waals surface area (Å²) in [5, 5.41) is 17.5. The van der Waals surface area contributed by atoms with E-state index in [0.717, 1.165) is 72.4 Å². The minimum Gasteiger partial charge on any atom is -0.358 e. The first-order valence-corrected chi connectivity index (χ1v) is 12.0. The van der Waals surface area contributed by atoms with E-state index in [1.807, 2.05) is 57.4 Å². The minimum atomic E-state index is 0.0392. The number of aromatic amines is 1. The van der Waals surface area contributed by atoms with Crippen molar-refractivity contribution in [2.75, 3.05) is 30.9 Å². The lowest BCUT2D eigenvalue weighted by molar-refractivity contribution is 0.362. The van der Waals surface area contributed by atoms with Crippen molar-refractivity contribution < 1.29 is 4.52 Å². The lowest BCUT2D eigenvalue weighted by Gasteiger charge is -2.23. The molecule has 0 aliphatic carbocycles. The molecule has 3 N–H and O–H groups in total. The second-order valence-electron chi connectivity index (χ2n) is 8.54. The van der Waals surface area contributed by atoms with Gasteiger partial charge in [0.05, 0.1) is 11.7 Å². The maximum Gasteiger partial charge on any atom is 0.228 e. The molecule has 35 heavy (non-hydrogen) atoms. The monoisotopic (exact) mass is 475 g/mol. The fourth-order valence-corrected chi connectivity index (χ4v) is 4.06. The van der Waals surface area contributed by atoms with Gasteiger partial charge in [0.1, 0.15) is 11.5 Å². The van der Waals surface area contributed by atoms with Crippen molar-refractivity contribution >= 4 is 17.6 Å². The van der Waals surface area contributed by atoms with Gasteiger partial charge in [0.2, 0.25) is 5.95 Å². The Morgan fingerprint density at radius 3 is 2.69 bits per heavy atom. The zero-order chi connectivity index (χ0) is 24.6. The zero-order valence-electron chi connectivity index (χ0n) is 20.7. The Labute approximate surface area is 205 Å². The predicted octanol–water partition coefficient (Wildman–Crippen LogP) is 4.43. The smallest absolute Gasteiger partial charge is 0.228 e. The third-order valence-electron chi connectivity index (χ3n) is 5.53. The van der Waals surface area contributed by atoms with Gasteiger partial charge in [0.25, 0.3) is 0 Å². The summed E-state index contributed by atoms with van der Waals surface area (Å²) >= 11 is 0. The highest BCUT2D eigenvalue weighted by atomic mass is 16.5. The van der Waals surface area contributed by atoms with Gasteiger partial charge in [-0.25, -0.2) is 4.98 Å². The van der Waals surface area contributed by atoms with Crippen molar-refractivity contribution in [2.45, 2.75) is 45.6 Å². The summed E-state index contributed by atoms with van der Waals surface area (Å²) in [6.07, 6.45) is 5.64.